The van der Waals surface area contributed by atoms with E-state index in [0.717, 1.165) is 11.3 Å². The van der Waals surface area contributed by atoms with Crippen molar-refractivity contribution in [1.29, 1.82) is 0 Å². The Morgan fingerprint density at radius 1 is 1.22 bits per heavy atom. The Morgan fingerprint density at radius 2 is 2.04 bits per heavy atom. The fourth-order valence-corrected chi connectivity index (χ4v) is 2.54. The van der Waals surface area contributed by atoms with E-state index in [1.807, 2.05) is 24.3 Å². The Hall–Kier alpha value is -1.56. The molecule has 0 fully saturated rings. The first-order valence-corrected chi connectivity index (χ1v) is 8.21. The highest BCUT2D eigenvalue weighted by atomic mass is 79.9. The summed E-state index contributed by atoms with van der Waals surface area (Å²) < 4.78 is 11.2. The maximum atomic E-state index is 12.2. The van der Waals surface area contributed by atoms with E-state index < -0.39 is 0 Å². The molecule has 122 valence electrons. The van der Waals surface area contributed by atoms with E-state index in [1.165, 1.54) is 0 Å². The van der Waals surface area contributed by atoms with E-state index in [1.54, 1.807) is 25.3 Å². The molecule has 0 spiro atoms. The molecule has 23 heavy (non-hydrogen) atoms. The maximum Gasteiger partial charge on any atom is 0.252 e. The molecule has 0 aliphatic carbocycles. The molecule has 4 nitrogen and oxygen atoms in total. The second-order valence-electron chi connectivity index (χ2n) is 4.80. The van der Waals surface area contributed by atoms with Crippen molar-refractivity contribution < 1.29 is 14.3 Å². The van der Waals surface area contributed by atoms with Crippen LogP contribution < -0.4 is 10.1 Å². The van der Waals surface area contributed by atoms with Crippen molar-refractivity contribution in [1.82, 2.24) is 5.32 Å². The van der Waals surface area contributed by atoms with Crippen LogP contribution in [0.1, 0.15) is 15.9 Å². The van der Waals surface area contributed by atoms with Gasteiger partial charge in [-0.1, -0.05) is 23.7 Å². The number of halogens is 2. The number of hydrogen-bond donors (Lipinski definition) is 1. The Bertz CT molecular complexity index is 679. The summed E-state index contributed by atoms with van der Waals surface area (Å²) in [6.07, 6.45) is 0. The predicted molar refractivity (Wildman–Crippen MR) is 94.1 cm³/mol. The van der Waals surface area contributed by atoms with Crippen molar-refractivity contribution in [2.24, 2.45) is 0 Å². The summed E-state index contributed by atoms with van der Waals surface area (Å²) in [7, 11) is 1.63. The van der Waals surface area contributed by atoms with Gasteiger partial charge in [-0.2, -0.15) is 0 Å². The van der Waals surface area contributed by atoms with Crippen LogP contribution in [0.25, 0.3) is 0 Å². The lowest BCUT2D eigenvalue weighted by Gasteiger charge is -2.10. The third kappa shape index (κ3) is 5.53. The molecule has 2 aromatic carbocycles. The van der Waals surface area contributed by atoms with E-state index in [-0.39, 0.29) is 5.91 Å². The zero-order valence-electron chi connectivity index (χ0n) is 12.6. The highest BCUT2D eigenvalue weighted by Crippen LogP contribution is 2.21. The van der Waals surface area contributed by atoms with Gasteiger partial charge in [0.1, 0.15) is 12.4 Å². The van der Waals surface area contributed by atoms with Crippen LogP contribution in [-0.4, -0.2) is 26.2 Å². The molecule has 0 unspecified atom stereocenters. The molecular weight excluding hydrogens is 382 g/mol. The smallest absolute Gasteiger partial charge is 0.252 e. The number of carbonyl (C=O) groups excluding carboxylic acids is 1. The quantitative estimate of drug-likeness (QED) is 0.716. The molecule has 0 radical (unpaired) electrons. The van der Waals surface area contributed by atoms with Gasteiger partial charge in [0.05, 0.1) is 12.2 Å². The molecule has 2 aromatic rings. The maximum absolute atomic E-state index is 12.2. The summed E-state index contributed by atoms with van der Waals surface area (Å²) in [6, 6.07) is 12.7. The van der Waals surface area contributed by atoms with Crippen LogP contribution in [0.3, 0.4) is 0 Å². The number of ether oxygens (including phenoxy) is 2. The van der Waals surface area contributed by atoms with Crippen molar-refractivity contribution in [2.75, 3.05) is 20.3 Å². The van der Waals surface area contributed by atoms with E-state index in [4.69, 9.17) is 21.1 Å². The molecule has 0 heterocycles. The Kier molecular flexibility index (Phi) is 6.89. The summed E-state index contributed by atoms with van der Waals surface area (Å²) in [4.78, 5) is 12.2. The zero-order valence-corrected chi connectivity index (χ0v) is 15.0. The highest BCUT2D eigenvalue weighted by molar-refractivity contribution is 9.10. The minimum Gasteiger partial charge on any atom is -0.491 e. The van der Waals surface area contributed by atoms with Crippen molar-refractivity contribution >= 4 is 33.4 Å². The fraction of sp³-hybridized carbons (Fsp3) is 0.235. The number of hydrogen-bond acceptors (Lipinski definition) is 3. The van der Waals surface area contributed by atoms with Crippen LogP contribution >= 0.6 is 27.5 Å². The molecule has 1 N–H and O–H groups in total. The van der Waals surface area contributed by atoms with Gasteiger partial charge in [-0.15, -0.1) is 0 Å². The zero-order chi connectivity index (χ0) is 16.7. The monoisotopic (exact) mass is 397 g/mol. The standard InChI is InChI=1S/C17H17BrClNO3/c1-22-7-8-23-14-4-2-3-12(9-14)11-20-17(21)15-10-13(19)5-6-16(15)18/h2-6,9-10H,7-8,11H2,1H3,(H,20,21). The molecule has 0 aromatic heterocycles. The van der Waals surface area contributed by atoms with Gasteiger partial charge in [0.15, 0.2) is 0 Å². The normalized spacial score (nSPS) is 10.4. The van der Waals surface area contributed by atoms with E-state index in [0.29, 0.717) is 34.8 Å². The molecule has 0 bridgehead atoms. The Labute approximate surface area is 148 Å². The number of methoxy groups -OCH3 is 1. The van der Waals surface area contributed by atoms with Crippen LogP contribution in [0, 0.1) is 0 Å². The molecular formula is C17H17BrClNO3. The SMILES string of the molecule is COCCOc1cccc(CNC(=O)c2cc(Cl)ccc2Br)c1. The Balaban J connectivity index is 1.96. The molecule has 0 aliphatic heterocycles. The summed E-state index contributed by atoms with van der Waals surface area (Å²) in [6.45, 7) is 1.42. The van der Waals surface area contributed by atoms with Crippen molar-refractivity contribution in [3.05, 3.63) is 63.1 Å². The Morgan fingerprint density at radius 3 is 2.83 bits per heavy atom. The van der Waals surface area contributed by atoms with Crippen LogP contribution in [0.4, 0.5) is 0 Å². The second-order valence-corrected chi connectivity index (χ2v) is 6.09. The first kappa shape index (κ1) is 17.8. The van der Waals surface area contributed by atoms with Gasteiger partial charge in [0.2, 0.25) is 0 Å². The fourth-order valence-electron chi connectivity index (χ4n) is 1.94. The first-order valence-electron chi connectivity index (χ1n) is 7.04. The molecule has 2 rings (SSSR count). The number of nitrogens with one attached hydrogen (secondary N) is 1. The third-order valence-corrected chi connectivity index (χ3v) is 4.01. The van der Waals surface area contributed by atoms with Gasteiger partial charge in [0, 0.05) is 23.1 Å². The highest BCUT2D eigenvalue weighted by Gasteiger charge is 2.10. The average Bonchev–Trinajstić information content (AvgIpc) is 2.55. The molecule has 1 amide bonds. The molecule has 0 saturated heterocycles. The van der Waals surface area contributed by atoms with Gasteiger partial charge < -0.3 is 14.8 Å². The predicted octanol–water partition coefficient (Wildman–Crippen LogP) is 4.06. The molecule has 0 aliphatic rings. The van der Waals surface area contributed by atoms with E-state index in [9.17, 15) is 4.79 Å². The van der Waals surface area contributed by atoms with Crippen LogP contribution in [0.15, 0.2) is 46.9 Å². The van der Waals surface area contributed by atoms with E-state index in [2.05, 4.69) is 21.2 Å². The summed E-state index contributed by atoms with van der Waals surface area (Å²) in [5, 5.41) is 3.39. The number of carbonyl (C=O) groups is 1. The third-order valence-electron chi connectivity index (χ3n) is 3.08. The van der Waals surface area contributed by atoms with Gasteiger partial charge in [-0.05, 0) is 51.8 Å². The topological polar surface area (TPSA) is 47.6 Å². The van der Waals surface area contributed by atoms with Gasteiger partial charge in [0.25, 0.3) is 5.91 Å². The van der Waals surface area contributed by atoms with E-state index >= 15 is 0 Å². The minimum absolute atomic E-state index is 0.190. The second kappa shape index (κ2) is 8.91. The van der Waals surface area contributed by atoms with Crippen LogP contribution in [-0.2, 0) is 11.3 Å². The summed E-state index contributed by atoms with van der Waals surface area (Å²) >= 11 is 9.28. The largest absolute Gasteiger partial charge is 0.491 e. The first-order chi connectivity index (χ1) is 11.1. The van der Waals surface area contributed by atoms with Gasteiger partial charge in [-0.3, -0.25) is 4.79 Å². The molecule has 6 heteroatoms. The van der Waals surface area contributed by atoms with Gasteiger partial charge in [-0.25, -0.2) is 0 Å². The lowest BCUT2D eigenvalue weighted by Crippen LogP contribution is -2.23. The van der Waals surface area contributed by atoms with Crippen molar-refractivity contribution in [3.8, 4) is 5.75 Å². The summed E-state index contributed by atoms with van der Waals surface area (Å²) in [5.74, 6) is 0.558. The van der Waals surface area contributed by atoms with Crippen LogP contribution in [0.2, 0.25) is 5.02 Å². The number of rotatable bonds is 7. The lowest BCUT2D eigenvalue weighted by molar-refractivity contribution is 0.0950. The molecule has 0 atom stereocenters. The number of amides is 1. The van der Waals surface area contributed by atoms with Crippen molar-refractivity contribution in [2.45, 2.75) is 6.54 Å². The average molecular weight is 399 g/mol. The number of benzene rings is 2. The van der Waals surface area contributed by atoms with Crippen LogP contribution in [0.5, 0.6) is 5.75 Å². The molecule has 0 saturated carbocycles. The summed E-state index contributed by atoms with van der Waals surface area (Å²) in [5.41, 5.74) is 1.46. The van der Waals surface area contributed by atoms with Crippen molar-refractivity contribution in [3.63, 3.8) is 0 Å². The minimum atomic E-state index is -0.190. The van der Waals surface area contributed by atoms with Gasteiger partial charge >= 0.3 is 0 Å². The lowest BCUT2D eigenvalue weighted by atomic mass is 10.2.